The maximum Gasteiger partial charge on any atom is 0.224 e. The van der Waals surface area contributed by atoms with Crippen molar-refractivity contribution in [3.8, 4) is 0 Å². The van der Waals surface area contributed by atoms with Crippen LogP contribution in [0.4, 0.5) is 4.39 Å². The lowest BCUT2D eigenvalue weighted by atomic mass is 10.1. The van der Waals surface area contributed by atoms with Gasteiger partial charge in [0.15, 0.2) is 0 Å². The highest BCUT2D eigenvalue weighted by atomic mass is 19.1. The summed E-state index contributed by atoms with van der Waals surface area (Å²) in [5.41, 5.74) is 1.98. The average molecular weight is 345 g/mol. The fraction of sp³-hybridized carbons (Fsp3) is 0.421. The number of carbonyl (C=O) groups is 1. The predicted molar refractivity (Wildman–Crippen MR) is 93.7 cm³/mol. The van der Waals surface area contributed by atoms with Gasteiger partial charge in [0.2, 0.25) is 5.91 Å². The minimum absolute atomic E-state index is 0.0564. The van der Waals surface area contributed by atoms with Crippen LogP contribution < -0.4 is 5.32 Å². The van der Waals surface area contributed by atoms with E-state index in [9.17, 15) is 9.18 Å². The minimum atomic E-state index is -0.291. The zero-order valence-corrected chi connectivity index (χ0v) is 14.5. The molecule has 1 aliphatic heterocycles. The van der Waals surface area contributed by atoms with Gasteiger partial charge in [-0.1, -0.05) is 12.1 Å². The quantitative estimate of drug-likeness (QED) is 0.870. The second-order valence-corrected chi connectivity index (χ2v) is 6.32. The summed E-state index contributed by atoms with van der Waals surface area (Å²) >= 11 is 0. The van der Waals surface area contributed by atoms with Crippen LogP contribution >= 0.6 is 0 Å². The Hall–Kier alpha value is -2.18. The Balaban J connectivity index is 1.62. The fourth-order valence-electron chi connectivity index (χ4n) is 3.19. The Labute approximate surface area is 147 Å². The highest BCUT2D eigenvalue weighted by molar-refractivity contribution is 5.78. The van der Waals surface area contributed by atoms with Gasteiger partial charge in [0, 0.05) is 38.6 Å². The van der Waals surface area contributed by atoms with E-state index in [1.165, 1.54) is 17.8 Å². The number of benzene rings is 1. The number of hydrogen-bond donors (Lipinski definition) is 1. The molecule has 1 amide bonds. The van der Waals surface area contributed by atoms with Crippen molar-refractivity contribution in [2.24, 2.45) is 7.05 Å². The Morgan fingerprint density at radius 2 is 1.96 bits per heavy atom. The number of carbonyl (C=O) groups excluding carboxylic acids is 1. The van der Waals surface area contributed by atoms with Gasteiger partial charge >= 0.3 is 0 Å². The highest BCUT2D eigenvalue weighted by Crippen LogP contribution is 2.21. The van der Waals surface area contributed by atoms with Gasteiger partial charge in [-0.2, -0.15) is 0 Å². The topological polar surface area (TPSA) is 46.5 Å². The number of aromatic nitrogens is 1. The molecule has 1 atom stereocenters. The third-order valence-electron chi connectivity index (χ3n) is 4.58. The van der Waals surface area contributed by atoms with Gasteiger partial charge in [-0.15, -0.1) is 0 Å². The molecule has 134 valence electrons. The van der Waals surface area contributed by atoms with Crippen LogP contribution in [0.5, 0.6) is 0 Å². The molecule has 5 nitrogen and oxygen atoms in total. The Bertz CT molecular complexity index is 693. The van der Waals surface area contributed by atoms with Gasteiger partial charge < -0.3 is 14.6 Å². The first-order valence-corrected chi connectivity index (χ1v) is 8.57. The molecule has 0 saturated carbocycles. The number of hydrogen-bond acceptors (Lipinski definition) is 3. The normalized spacial score (nSPS) is 16.6. The summed E-state index contributed by atoms with van der Waals surface area (Å²) in [6.07, 6.45) is 2.27. The van der Waals surface area contributed by atoms with E-state index in [2.05, 4.69) is 20.9 Å². The van der Waals surface area contributed by atoms with Crippen LogP contribution in [-0.4, -0.2) is 48.2 Å². The van der Waals surface area contributed by atoms with E-state index in [1.54, 1.807) is 12.1 Å². The van der Waals surface area contributed by atoms with Gasteiger partial charge in [0.05, 0.1) is 25.7 Å². The molecular weight excluding hydrogens is 321 g/mol. The molecule has 1 saturated heterocycles. The Morgan fingerprint density at radius 1 is 1.24 bits per heavy atom. The average Bonchev–Trinajstić information content (AvgIpc) is 3.04. The Kier molecular flexibility index (Phi) is 5.83. The largest absolute Gasteiger partial charge is 0.379 e. The van der Waals surface area contributed by atoms with E-state index in [1.807, 2.05) is 19.3 Å². The molecule has 1 aromatic heterocycles. The number of nitrogens with one attached hydrogen (secondary N) is 1. The van der Waals surface area contributed by atoms with Crippen molar-refractivity contribution in [3.63, 3.8) is 0 Å². The summed E-state index contributed by atoms with van der Waals surface area (Å²) in [4.78, 5) is 14.6. The van der Waals surface area contributed by atoms with Gasteiger partial charge in [-0.25, -0.2) is 4.39 Å². The highest BCUT2D eigenvalue weighted by Gasteiger charge is 2.24. The molecule has 25 heavy (non-hydrogen) atoms. The standard InChI is InChI=1S/C19H24FN3O2/c1-22-8-2-3-17(22)18(23-9-11-25-12-10-23)14-21-19(24)13-15-4-6-16(20)7-5-15/h2-8,18H,9-14H2,1H3,(H,21,24). The lowest BCUT2D eigenvalue weighted by molar-refractivity contribution is -0.120. The molecule has 0 radical (unpaired) electrons. The molecule has 0 aliphatic carbocycles. The molecule has 2 aromatic rings. The maximum absolute atomic E-state index is 13.0. The van der Waals surface area contributed by atoms with Crippen LogP contribution in [0.15, 0.2) is 42.6 Å². The first kappa shape index (κ1) is 17.6. The second-order valence-electron chi connectivity index (χ2n) is 6.32. The van der Waals surface area contributed by atoms with E-state index in [4.69, 9.17) is 4.74 Å². The number of morpholine rings is 1. The molecule has 2 heterocycles. The van der Waals surface area contributed by atoms with Crippen molar-refractivity contribution in [2.75, 3.05) is 32.8 Å². The van der Waals surface area contributed by atoms with Gasteiger partial charge in [-0.05, 0) is 29.8 Å². The lowest BCUT2D eigenvalue weighted by Crippen LogP contribution is -2.44. The van der Waals surface area contributed by atoms with Crippen molar-refractivity contribution < 1.29 is 13.9 Å². The van der Waals surface area contributed by atoms with Gasteiger partial charge in [-0.3, -0.25) is 9.69 Å². The van der Waals surface area contributed by atoms with Crippen LogP contribution in [0, 0.1) is 5.82 Å². The number of rotatable bonds is 6. The van der Waals surface area contributed by atoms with Crippen molar-refractivity contribution >= 4 is 5.91 Å². The minimum Gasteiger partial charge on any atom is -0.379 e. The SMILES string of the molecule is Cn1cccc1C(CNC(=O)Cc1ccc(F)cc1)N1CCOCC1. The summed E-state index contributed by atoms with van der Waals surface area (Å²) in [7, 11) is 2.02. The molecule has 1 fully saturated rings. The Morgan fingerprint density at radius 3 is 2.60 bits per heavy atom. The maximum atomic E-state index is 13.0. The molecule has 1 N–H and O–H groups in total. The van der Waals surface area contributed by atoms with Crippen molar-refractivity contribution in [2.45, 2.75) is 12.5 Å². The van der Waals surface area contributed by atoms with Crippen LogP contribution in [0.25, 0.3) is 0 Å². The van der Waals surface area contributed by atoms with E-state index in [-0.39, 0.29) is 24.2 Å². The number of ether oxygens (including phenoxy) is 1. The first-order valence-electron chi connectivity index (χ1n) is 8.57. The molecular formula is C19H24FN3O2. The third kappa shape index (κ3) is 4.67. The molecule has 3 rings (SSSR count). The number of halogens is 1. The van der Waals surface area contributed by atoms with Gasteiger partial charge in [0.25, 0.3) is 0 Å². The molecule has 6 heteroatoms. The van der Waals surface area contributed by atoms with E-state index in [0.29, 0.717) is 19.8 Å². The predicted octanol–water partition coefficient (Wildman–Crippen LogP) is 1.90. The third-order valence-corrected chi connectivity index (χ3v) is 4.58. The molecule has 0 spiro atoms. The summed E-state index contributed by atoms with van der Waals surface area (Å²) < 4.78 is 20.5. The monoisotopic (exact) mass is 345 g/mol. The molecule has 1 aliphatic rings. The van der Waals surface area contributed by atoms with Crippen molar-refractivity contribution in [1.82, 2.24) is 14.8 Å². The zero-order valence-electron chi connectivity index (χ0n) is 14.5. The lowest BCUT2D eigenvalue weighted by Gasteiger charge is -2.35. The zero-order chi connectivity index (χ0) is 17.6. The van der Waals surface area contributed by atoms with E-state index >= 15 is 0 Å². The molecule has 0 bridgehead atoms. The van der Waals surface area contributed by atoms with Gasteiger partial charge in [0.1, 0.15) is 5.82 Å². The van der Waals surface area contributed by atoms with Crippen LogP contribution in [-0.2, 0) is 23.0 Å². The summed E-state index contributed by atoms with van der Waals surface area (Å²) in [5.74, 6) is -0.348. The molecule has 1 unspecified atom stereocenters. The summed E-state index contributed by atoms with van der Waals surface area (Å²) in [6, 6.07) is 10.3. The first-order chi connectivity index (χ1) is 12.1. The number of nitrogens with zero attached hydrogens (tertiary/aromatic N) is 2. The van der Waals surface area contributed by atoms with Crippen LogP contribution in [0.3, 0.4) is 0 Å². The summed E-state index contributed by atoms with van der Waals surface area (Å²) in [6.45, 7) is 3.67. The molecule has 1 aromatic carbocycles. The van der Waals surface area contributed by atoms with E-state index < -0.39 is 0 Å². The fourth-order valence-corrected chi connectivity index (χ4v) is 3.19. The smallest absolute Gasteiger partial charge is 0.224 e. The van der Waals surface area contributed by atoms with Crippen molar-refractivity contribution in [3.05, 3.63) is 59.7 Å². The van der Waals surface area contributed by atoms with E-state index in [0.717, 1.165) is 18.7 Å². The number of amides is 1. The van der Waals surface area contributed by atoms with Crippen LogP contribution in [0.1, 0.15) is 17.3 Å². The van der Waals surface area contributed by atoms with Crippen molar-refractivity contribution in [1.29, 1.82) is 0 Å². The van der Waals surface area contributed by atoms with Crippen LogP contribution in [0.2, 0.25) is 0 Å². The second kappa shape index (κ2) is 8.27. The summed E-state index contributed by atoms with van der Waals surface area (Å²) in [5, 5.41) is 3.03. The number of aryl methyl sites for hydroxylation is 1.